The Bertz CT molecular complexity index is 976. The number of ether oxygens (including phenoxy) is 1. The van der Waals surface area contributed by atoms with Crippen molar-refractivity contribution in [3.05, 3.63) is 59.9 Å². The van der Waals surface area contributed by atoms with Crippen molar-refractivity contribution in [2.45, 2.75) is 19.3 Å². The maximum atomic E-state index is 13.9. The van der Waals surface area contributed by atoms with Gasteiger partial charge in [-0.1, -0.05) is 24.3 Å². The van der Waals surface area contributed by atoms with Crippen LogP contribution in [0, 0.1) is 29.5 Å². The average Bonchev–Trinajstić information content (AvgIpc) is 3.37. The summed E-state index contributed by atoms with van der Waals surface area (Å²) in [5.74, 6) is -1.90. The molecule has 5 nitrogen and oxygen atoms in total. The quantitative estimate of drug-likeness (QED) is 0.465. The number of carbonyl (C=O) groups excluding carboxylic acids is 3. The number of hydrogen-bond donors (Lipinski definition) is 0. The van der Waals surface area contributed by atoms with Crippen molar-refractivity contribution >= 4 is 23.5 Å². The molecule has 28 heavy (non-hydrogen) atoms. The molecule has 4 atom stereocenters. The molecule has 0 unspecified atom stereocenters. The van der Waals surface area contributed by atoms with Crippen LogP contribution in [-0.4, -0.2) is 17.8 Å². The van der Waals surface area contributed by atoms with Crippen molar-refractivity contribution in [3.63, 3.8) is 0 Å². The standard InChI is InChI=1S/C22H18FNO4/c23-15-6-2-1-5-14(15)22(27)28-17-8-4-3-7-16(17)24-20(25)18-12-9-10-13(11-12)19(18)21(24)26/h1-8,12-13,18-19H,9-11H2/t12-,13+,18+,19-. The van der Waals surface area contributed by atoms with E-state index in [1.165, 1.54) is 35.2 Å². The smallest absolute Gasteiger partial charge is 0.346 e. The number of hydrogen-bond acceptors (Lipinski definition) is 4. The summed E-state index contributed by atoms with van der Waals surface area (Å²) in [5.41, 5.74) is 0.0438. The molecule has 2 saturated carbocycles. The van der Waals surface area contributed by atoms with E-state index in [1.54, 1.807) is 18.2 Å². The molecule has 2 bridgehead atoms. The lowest BCUT2D eigenvalue weighted by molar-refractivity contribution is -0.123. The molecule has 0 spiro atoms. The highest BCUT2D eigenvalue weighted by atomic mass is 19.1. The summed E-state index contributed by atoms with van der Waals surface area (Å²) in [7, 11) is 0. The first kappa shape index (κ1) is 17.1. The summed E-state index contributed by atoms with van der Waals surface area (Å²) in [6.45, 7) is 0. The first-order valence-corrected chi connectivity index (χ1v) is 9.50. The number of imide groups is 1. The SMILES string of the molecule is O=C(Oc1ccccc1N1C(=O)[C@@H]2[C@H]3CC[C@H](C3)[C@@H]2C1=O)c1ccccc1F. The van der Waals surface area contributed by atoms with Gasteiger partial charge in [0.05, 0.1) is 23.1 Å². The van der Waals surface area contributed by atoms with Gasteiger partial charge in [0.2, 0.25) is 11.8 Å². The van der Waals surface area contributed by atoms with E-state index in [4.69, 9.17) is 4.74 Å². The van der Waals surface area contributed by atoms with Crippen LogP contribution in [0.4, 0.5) is 10.1 Å². The zero-order valence-corrected chi connectivity index (χ0v) is 15.0. The molecular weight excluding hydrogens is 361 g/mol. The summed E-state index contributed by atoms with van der Waals surface area (Å²) in [4.78, 5) is 39.7. The minimum absolute atomic E-state index is 0.0739. The largest absolute Gasteiger partial charge is 0.421 e. The van der Waals surface area contributed by atoms with Crippen LogP contribution in [-0.2, 0) is 9.59 Å². The Labute approximate surface area is 161 Å². The van der Waals surface area contributed by atoms with Crippen LogP contribution < -0.4 is 9.64 Å². The zero-order chi connectivity index (χ0) is 19.4. The zero-order valence-electron chi connectivity index (χ0n) is 15.0. The van der Waals surface area contributed by atoms with Gasteiger partial charge in [-0.2, -0.15) is 0 Å². The number of amides is 2. The predicted molar refractivity (Wildman–Crippen MR) is 98.1 cm³/mol. The molecule has 2 aromatic rings. The fraction of sp³-hybridized carbons (Fsp3) is 0.318. The number of para-hydroxylation sites is 2. The number of halogens is 1. The predicted octanol–water partition coefficient (Wildman–Crippen LogP) is 3.58. The van der Waals surface area contributed by atoms with Gasteiger partial charge in [-0.15, -0.1) is 0 Å². The van der Waals surface area contributed by atoms with Gasteiger partial charge in [-0.3, -0.25) is 9.59 Å². The van der Waals surface area contributed by atoms with Crippen LogP contribution in [0.1, 0.15) is 29.6 Å². The second-order valence-corrected chi connectivity index (χ2v) is 7.73. The molecule has 1 saturated heterocycles. The number of benzene rings is 2. The van der Waals surface area contributed by atoms with Crippen LogP contribution >= 0.6 is 0 Å². The molecular formula is C22H18FNO4. The van der Waals surface area contributed by atoms with Gasteiger partial charge in [0.15, 0.2) is 5.75 Å². The molecule has 2 aromatic carbocycles. The van der Waals surface area contributed by atoms with E-state index in [9.17, 15) is 18.8 Å². The lowest BCUT2D eigenvalue weighted by Crippen LogP contribution is -2.33. The molecule has 6 heteroatoms. The van der Waals surface area contributed by atoms with Crippen molar-refractivity contribution in [3.8, 4) is 5.75 Å². The Hall–Kier alpha value is -3.02. The van der Waals surface area contributed by atoms with E-state index in [0.717, 1.165) is 19.3 Å². The van der Waals surface area contributed by atoms with Gasteiger partial charge in [0.1, 0.15) is 5.82 Å². The Kier molecular flexibility index (Phi) is 3.82. The monoisotopic (exact) mass is 379 g/mol. The minimum Gasteiger partial charge on any atom is -0.421 e. The molecule has 2 aliphatic carbocycles. The van der Waals surface area contributed by atoms with E-state index in [0.29, 0.717) is 0 Å². The Morgan fingerprint density at radius 3 is 2.21 bits per heavy atom. The van der Waals surface area contributed by atoms with Gasteiger partial charge in [0.25, 0.3) is 0 Å². The van der Waals surface area contributed by atoms with Crippen molar-refractivity contribution in [2.24, 2.45) is 23.7 Å². The molecule has 1 aliphatic heterocycles. The van der Waals surface area contributed by atoms with Gasteiger partial charge < -0.3 is 4.74 Å². The molecule has 1 heterocycles. The third kappa shape index (κ3) is 2.40. The molecule has 2 amide bonds. The third-order valence-electron chi connectivity index (χ3n) is 6.33. The Morgan fingerprint density at radius 1 is 0.929 bits per heavy atom. The topological polar surface area (TPSA) is 63.7 Å². The van der Waals surface area contributed by atoms with Gasteiger partial charge >= 0.3 is 5.97 Å². The van der Waals surface area contributed by atoms with Gasteiger partial charge in [0, 0.05) is 0 Å². The van der Waals surface area contributed by atoms with Crippen molar-refractivity contribution < 1.29 is 23.5 Å². The average molecular weight is 379 g/mol. The van der Waals surface area contributed by atoms with Crippen LogP contribution in [0.2, 0.25) is 0 Å². The molecule has 142 valence electrons. The highest BCUT2D eigenvalue weighted by Gasteiger charge is 2.61. The summed E-state index contributed by atoms with van der Waals surface area (Å²) in [6, 6.07) is 11.9. The second-order valence-electron chi connectivity index (χ2n) is 7.73. The number of nitrogens with zero attached hydrogens (tertiary/aromatic N) is 1. The maximum absolute atomic E-state index is 13.9. The fourth-order valence-corrected chi connectivity index (χ4v) is 5.16. The second kappa shape index (κ2) is 6.26. The number of fused-ring (bicyclic) bond motifs is 5. The summed E-state index contributed by atoms with van der Waals surface area (Å²) in [5, 5.41) is 0. The van der Waals surface area contributed by atoms with E-state index < -0.39 is 11.8 Å². The van der Waals surface area contributed by atoms with E-state index in [-0.39, 0.29) is 52.5 Å². The number of rotatable bonds is 3. The normalized spacial score (nSPS) is 28.0. The fourth-order valence-electron chi connectivity index (χ4n) is 5.16. The van der Waals surface area contributed by atoms with E-state index in [2.05, 4.69) is 0 Å². The van der Waals surface area contributed by atoms with Crippen LogP contribution in [0.5, 0.6) is 5.75 Å². The number of carbonyl (C=O) groups is 3. The van der Waals surface area contributed by atoms with Crippen LogP contribution in [0.25, 0.3) is 0 Å². The molecule has 3 aliphatic rings. The number of anilines is 1. The van der Waals surface area contributed by atoms with Crippen molar-refractivity contribution in [1.29, 1.82) is 0 Å². The molecule has 3 fully saturated rings. The lowest BCUT2D eigenvalue weighted by Gasteiger charge is -2.20. The third-order valence-corrected chi connectivity index (χ3v) is 6.33. The summed E-state index contributed by atoms with van der Waals surface area (Å²) < 4.78 is 19.3. The molecule has 5 rings (SSSR count). The minimum atomic E-state index is -0.870. The maximum Gasteiger partial charge on any atom is 0.346 e. The van der Waals surface area contributed by atoms with Gasteiger partial charge in [-0.25, -0.2) is 14.1 Å². The first-order chi connectivity index (χ1) is 13.6. The summed E-state index contributed by atoms with van der Waals surface area (Å²) >= 11 is 0. The van der Waals surface area contributed by atoms with Crippen molar-refractivity contribution in [1.82, 2.24) is 0 Å². The first-order valence-electron chi connectivity index (χ1n) is 9.50. The lowest BCUT2D eigenvalue weighted by atomic mass is 9.81. The Morgan fingerprint density at radius 2 is 1.54 bits per heavy atom. The number of esters is 1. The molecule has 0 N–H and O–H groups in total. The van der Waals surface area contributed by atoms with E-state index in [1.807, 2.05) is 0 Å². The highest BCUT2D eigenvalue weighted by molar-refractivity contribution is 6.23. The molecule has 0 radical (unpaired) electrons. The van der Waals surface area contributed by atoms with Crippen LogP contribution in [0.15, 0.2) is 48.5 Å². The van der Waals surface area contributed by atoms with Crippen LogP contribution in [0.3, 0.4) is 0 Å². The highest BCUT2D eigenvalue weighted by Crippen LogP contribution is 2.57. The van der Waals surface area contributed by atoms with Gasteiger partial charge in [-0.05, 0) is 55.4 Å². The summed E-state index contributed by atoms with van der Waals surface area (Å²) in [6.07, 6.45) is 2.93. The Balaban J connectivity index is 1.48. The molecule has 0 aromatic heterocycles. The van der Waals surface area contributed by atoms with E-state index >= 15 is 0 Å². The van der Waals surface area contributed by atoms with Crippen molar-refractivity contribution in [2.75, 3.05) is 4.90 Å².